The number of para-hydroxylation sites is 1. The van der Waals surface area contributed by atoms with Crippen molar-refractivity contribution in [3.8, 4) is 5.69 Å². The zero-order chi connectivity index (χ0) is 15.9. The van der Waals surface area contributed by atoms with E-state index in [0.29, 0.717) is 11.3 Å². The van der Waals surface area contributed by atoms with E-state index in [9.17, 15) is 8.78 Å². The molecule has 3 aromatic heterocycles. The van der Waals surface area contributed by atoms with Gasteiger partial charge in [-0.3, -0.25) is 4.40 Å². The highest BCUT2D eigenvalue weighted by atomic mass is 19.3. The van der Waals surface area contributed by atoms with Gasteiger partial charge in [-0.25, -0.2) is 0 Å². The Balaban J connectivity index is 1.89. The van der Waals surface area contributed by atoms with Crippen LogP contribution in [-0.4, -0.2) is 34.8 Å². The van der Waals surface area contributed by atoms with Crippen molar-refractivity contribution in [3.63, 3.8) is 0 Å². The van der Waals surface area contributed by atoms with E-state index in [4.69, 9.17) is 0 Å². The second-order valence-electron chi connectivity index (χ2n) is 4.78. The highest BCUT2D eigenvalue weighted by molar-refractivity contribution is 5.39. The van der Waals surface area contributed by atoms with Gasteiger partial charge in [0.25, 0.3) is 0 Å². The van der Waals surface area contributed by atoms with Gasteiger partial charge in [-0.2, -0.15) is 13.5 Å². The van der Waals surface area contributed by atoms with Crippen LogP contribution in [-0.2, 0) is 5.92 Å². The summed E-state index contributed by atoms with van der Waals surface area (Å²) in [5.41, 5.74) is 0.752. The van der Waals surface area contributed by atoms with Crippen LogP contribution in [0.15, 0.2) is 54.7 Å². The first-order chi connectivity index (χ1) is 11.2. The number of rotatable bonds is 3. The molecule has 4 aromatic rings. The van der Waals surface area contributed by atoms with Crippen LogP contribution in [0.5, 0.6) is 0 Å². The summed E-state index contributed by atoms with van der Waals surface area (Å²) in [5, 5.41) is 17.9. The van der Waals surface area contributed by atoms with E-state index in [1.807, 2.05) is 0 Å². The quantitative estimate of drug-likeness (QED) is 0.577. The second-order valence-corrected chi connectivity index (χ2v) is 4.78. The Morgan fingerprint density at radius 3 is 2.43 bits per heavy atom. The van der Waals surface area contributed by atoms with Gasteiger partial charge in [-0.1, -0.05) is 24.3 Å². The fourth-order valence-electron chi connectivity index (χ4n) is 2.28. The third-order valence-corrected chi connectivity index (χ3v) is 3.35. The van der Waals surface area contributed by atoms with E-state index in [2.05, 4.69) is 25.7 Å². The minimum absolute atomic E-state index is 0.320. The molecule has 0 bridgehead atoms. The third kappa shape index (κ3) is 2.05. The number of nitrogens with zero attached hydrogens (tertiary/aromatic N) is 7. The zero-order valence-electron chi connectivity index (χ0n) is 11.6. The fourth-order valence-corrected chi connectivity index (χ4v) is 2.28. The van der Waals surface area contributed by atoms with Crippen molar-refractivity contribution in [3.05, 3.63) is 66.4 Å². The second kappa shape index (κ2) is 4.90. The maximum atomic E-state index is 14.9. The van der Waals surface area contributed by atoms with Crippen molar-refractivity contribution < 1.29 is 8.78 Å². The molecule has 4 rings (SSSR count). The van der Waals surface area contributed by atoms with E-state index in [-0.39, 0.29) is 0 Å². The van der Waals surface area contributed by atoms with E-state index < -0.39 is 17.6 Å². The van der Waals surface area contributed by atoms with Gasteiger partial charge < -0.3 is 0 Å². The van der Waals surface area contributed by atoms with Gasteiger partial charge in [0, 0.05) is 6.20 Å². The zero-order valence-corrected chi connectivity index (χ0v) is 11.6. The summed E-state index contributed by atoms with van der Waals surface area (Å²) in [6, 6.07) is 13.4. The molecular weight excluding hydrogens is 304 g/mol. The van der Waals surface area contributed by atoms with Crippen molar-refractivity contribution in [1.82, 2.24) is 34.8 Å². The Labute approximate surface area is 128 Å². The Hall–Kier alpha value is -3.23. The number of tetrazole rings is 1. The van der Waals surface area contributed by atoms with Crippen molar-refractivity contribution >= 4 is 5.65 Å². The SMILES string of the molecule is FC(F)(c1nnnn1-c1ccccc1)c1nnc2ccccn12. The monoisotopic (exact) mass is 313 g/mol. The van der Waals surface area contributed by atoms with Crippen LogP contribution in [0.25, 0.3) is 11.3 Å². The molecule has 0 saturated heterocycles. The third-order valence-electron chi connectivity index (χ3n) is 3.35. The largest absolute Gasteiger partial charge is 0.367 e. The van der Waals surface area contributed by atoms with Crippen LogP contribution in [0, 0.1) is 0 Å². The van der Waals surface area contributed by atoms with Crippen molar-refractivity contribution in [1.29, 1.82) is 0 Å². The van der Waals surface area contributed by atoms with Gasteiger partial charge in [0.05, 0.1) is 5.69 Å². The number of halogens is 2. The van der Waals surface area contributed by atoms with Gasteiger partial charge in [-0.05, 0) is 34.7 Å². The molecule has 3 heterocycles. The van der Waals surface area contributed by atoms with Crippen molar-refractivity contribution in [2.24, 2.45) is 0 Å². The number of fused-ring (bicyclic) bond motifs is 1. The van der Waals surface area contributed by atoms with E-state index in [1.165, 1.54) is 10.6 Å². The topological polar surface area (TPSA) is 73.8 Å². The molecule has 0 N–H and O–H groups in total. The number of hydrogen-bond acceptors (Lipinski definition) is 5. The first kappa shape index (κ1) is 13.4. The minimum Gasteiger partial charge on any atom is -0.281 e. The van der Waals surface area contributed by atoms with Crippen LogP contribution in [0.1, 0.15) is 11.6 Å². The summed E-state index contributed by atoms with van der Waals surface area (Å²) in [6.07, 6.45) is 1.47. The summed E-state index contributed by atoms with van der Waals surface area (Å²) < 4.78 is 32.1. The molecule has 0 unspecified atom stereocenters. The van der Waals surface area contributed by atoms with Gasteiger partial charge in [0.15, 0.2) is 5.65 Å². The molecule has 0 radical (unpaired) electrons. The average molecular weight is 313 g/mol. The molecule has 0 fully saturated rings. The standard InChI is InChI=1S/C14H9F2N7/c15-14(16,12-18-17-11-8-4-5-9-22(11)12)13-19-20-21-23(13)10-6-2-1-3-7-10/h1-9H. The normalized spacial score (nSPS) is 11.9. The lowest BCUT2D eigenvalue weighted by Gasteiger charge is -2.13. The molecule has 114 valence electrons. The molecule has 0 aliphatic heterocycles. The fraction of sp³-hybridized carbons (Fsp3) is 0.0714. The molecule has 9 heteroatoms. The molecule has 0 amide bonds. The molecule has 0 saturated carbocycles. The number of benzene rings is 1. The Kier molecular flexibility index (Phi) is 2.86. The van der Waals surface area contributed by atoms with Crippen molar-refractivity contribution in [2.75, 3.05) is 0 Å². The molecule has 0 spiro atoms. The first-order valence-electron chi connectivity index (χ1n) is 6.70. The summed E-state index contributed by atoms with van der Waals surface area (Å²) in [4.78, 5) is 0. The number of pyridine rings is 1. The number of hydrogen-bond donors (Lipinski definition) is 0. The summed E-state index contributed by atoms with van der Waals surface area (Å²) in [6.45, 7) is 0. The maximum absolute atomic E-state index is 14.9. The lowest BCUT2D eigenvalue weighted by Crippen LogP contribution is -2.24. The van der Waals surface area contributed by atoms with E-state index in [0.717, 1.165) is 4.68 Å². The minimum atomic E-state index is -3.51. The van der Waals surface area contributed by atoms with Crippen LogP contribution >= 0.6 is 0 Å². The molecule has 1 aromatic carbocycles. The highest BCUT2D eigenvalue weighted by Crippen LogP contribution is 2.33. The average Bonchev–Trinajstić information content (AvgIpc) is 3.23. The predicted octanol–water partition coefficient (Wildman–Crippen LogP) is 1.85. The highest BCUT2D eigenvalue weighted by Gasteiger charge is 2.45. The summed E-state index contributed by atoms with van der Waals surface area (Å²) in [5.74, 6) is -4.68. The summed E-state index contributed by atoms with van der Waals surface area (Å²) >= 11 is 0. The van der Waals surface area contributed by atoms with Crippen LogP contribution in [0.4, 0.5) is 8.78 Å². The lowest BCUT2D eigenvalue weighted by atomic mass is 10.2. The Bertz CT molecular complexity index is 961. The maximum Gasteiger partial charge on any atom is 0.367 e. The van der Waals surface area contributed by atoms with Crippen molar-refractivity contribution in [2.45, 2.75) is 5.92 Å². The lowest BCUT2D eigenvalue weighted by molar-refractivity contribution is 0.0195. The Morgan fingerprint density at radius 2 is 1.61 bits per heavy atom. The molecule has 0 aliphatic rings. The van der Waals surface area contributed by atoms with Crippen LogP contribution in [0.3, 0.4) is 0 Å². The van der Waals surface area contributed by atoms with Crippen LogP contribution < -0.4 is 0 Å². The van der Waals surface area contributed by atoms with Crippen LogP contribution in [0.2, 0.25) is 0 Å². The van der Waals surface area contributed by atoms with Gasteiger partial charge in [0.2, 0.25) is 11.6 Å². The first-order valence-corrected chi connectivity index (χ1v) is 6.70. The molecular formula is C14H9F2N7. The molecule has 0 aliphatic carbocycles. The molecule has 0 atom stereocenters. The smallest absolute Gasteiger partial charge is 0.281 e. The molecule has 7 nitrogen and oxygen atoms in total. The number of aromatic nitrogens is 7. The number of alkyl halides is 2. The predicted molar refractivity (Wildman–Crippen MR) is 75.1 cm³/mol. The van der Waals surface area contributed by atoms with Gasteiger partial charge >= 0.3 is 5.92 Å². The van der Waals surface area contributed by atoms with E-state index >= 15 is 0 Å². The molecule has 23 heavy (non-hydrogen) atoms. The Morgan fingerprint density at radius 1 is 0.826 bits per heavy atom. The summed E-state index contributed by atoms with van der Waals surface area (Å²) in [7, 11) is 0. The van der Waals surface area contributed by atoms with Gasteiger partial charge in [0.1, 0.15) is 0 Å². The van der Waals surface area contributed by atoms with Gasteiger partial charge in [-0.15, -0.1) is 15.3 Å². The van der Waals surface area contributed by atoms with E-state index in [1.54, 1.807) is 48.5 Å².